The maximum absolute atomic E-state index is 12.2. The van der Waals surface area contributed by atoms with Gasteiger partial charge in [-0.1, -0.05) is 30.3 Å². The van der Waals surface area contributed by atoms with E-state index in [-0.39, 0.29) is 6.03 Å². The van der Waals surface area contributed by atoms with Crippen molar-refractivity contribution >= 4 is 34.1 Å². The molecule has 4 aromatic rings. The van der Waals surface area contributed by atoms with Gasteiger partial charge in [-0.25, -0.2) is 4.79 Å². The molecule has 5 N–H and O–H groups in total. The smallest absolute Gasteiger partial charge is 0.323 e. The lowest BCUT2D eigenvalue weighted by atomic mass is 10.0. The number of aryl methyl sites for hydroxylation is 1. The van der Waals surface area contributed by atoms with E-state index in [4.69, 9.17) is 5.73 Å². The Kier molecular flexibility index (Phi) is 4.22. The van der Waals surface area contributed by atoms with Crippen LogP contribution < -0.4 is 16.4 Å². The number of anilines is 3. The summed E-state index contributed by atoms with van der Waals surface area (Å²) >= 11 is 0. The van der Waals surface area contributed by atoms with Crippen LogP contribution >= 0.6 is 0 Å². The summed E-state index contributed by atoms with van der Waals surface area (Å²) in [6, 6.07) is 21.0. The van der Waals surface area contributed by atoms with Crippen LogP contribution in [-0.4, -0.2) is 16.2 Å². The van der Waals surface area contributed by atoms with Crippen LogP contribution in [0.2, 0.25) is 0 Å². The Bertz CT molecular complexity index is 1120. The van der Waals surface area contributed by atoms with Gasteiger partial charge in [0.05, 0.1) is 5.52 Å². The van der Waals surface area contributed by atoms with Crippen molar-refractivity contribution < 1.29 is 4.79 Å². The third-order valence-electron chi connectivity index (χ3n) is 4.34. The number of nitrogen functional groups attached to an aromatic ring is 1. The Hall–Kier alpha value is -3.80. The van der Waals surface area contributed by atoms with Gasteiger partial charge >= 0.3 is 6.03 Å². The fraction of sp³-hybridized carbons (Fsp3) is 0.0476. The Morgan fingerprint density at radius 3 is 2.44 bits per heavy atom. The van der Waals surface area contributed by atoms with Crippen molar-refractivity contribution in [2.24, 2.45) is 0 Å². The molecule has 0 aliphatic carbocycles. The molecule has 6 heteroatoms. The van der Waals surface area contributed by atoms with Gasteiger partial charge in [-0.15, -0.1) is 0 Å². The zero-order chi connectivity index (χ0) is 18.8. The molecule has 0 saturated carbocycles. The van der Waals surface area contributed by atoms with Crippen LogP contribution in [-0.2, 0) is 0 Å². The number of rotatable bonds is 3. The first kappa shape index (κ1) is 16.7. The standard InChI is InChI=1S/C21H19N5O/c1-13-3-2-4-17(11-13)24-21(27)23-16-8-5-14(6-9-16)15-7-10-18-19(12-15)25-26-20(18)22/h2-12H,1H3,(H3,22,25,26)(H2,23,24,27). The molecule has 134 valence electrons. The minimum absolute atomic E-state index is 0.275. The number of aromatic amines is 1. The summed E-state index contributed by atoms with van der Waals surface area (Å²) in [5.41, 5.74) is 11.3. The number of fused-ring (bicyclic) bond motifs is 1. The van der Waals surface area contributed by atoms with Crippen molar-refractivity contribution in [3.63, 3.8) is 0 Å². The molecular formula is C21H19N5O. The van der Waals surface area contributed by atoms with Crippen molar-refractivity contribution in [3.05, 3.63) is 72.3 Å². The van der Waals surface area contributed by atoms with E-state index in [1.165, 1.54) is 0 Å². The molecule has 1 aromatic heterocycles. The van der Waals surface area contributed by atoms with Gasteiger partial charge in [0.15, 0.2) is 5.82 Å². The maximum Gasteiger partial charge on any atom is 0.323 e. The highest BCUT2D eigenvalue weighted by atomic mass is 16.2. The second-order valence-corrected chi connectivity index (χ2v) is 6.40. The number of nitrogens with one attached hydrogen (secondary N) is 3. The molecule has 0 aliphatic heterocycles. The molecule has 0 atom stereocenters. The number of benzene rings is 3. The predicted molar refractivity (Wildman–Crippen MR) is 110 cm³/mol. The van der Waals surface area contributed by atoms with Gasteiger partial charge in [0.2, 0.25) is 0 Å². The Labute approximate surface area is 156 Å². The highest BCUT2D eigenvalue weighted by Gasteiger charge is 2.06. The van der Waals surface area contributed by atoms with Crippen LogP contribution in [0.5, 0.6) is 0 Å². The Morgan fingerprint density at radius 1 is 0.926 bits per heavy atom. The van der Waals surface area contributed by atoms with E-state index < -0.39 is 0 Å². The van der Waals surface area contributed by atoms with E-state index in [0.717, 1.165) is 39.0 Å². The summed E-state index contributed by atoms with van der Waals surface area (Å²) < 4.78 is 0. The second kappa shape index (κ2) is 6.84. The topological polar surface area (TPSA) is 95.8 Å². The van der Waals surface area contributed by atoms with Gasteiger partial charge in [0.1, 0.15) is 0 Å². The van der Waals surface area contributed by atoms with Gasteiger partial charge < -0.3 is 16.4 Å². The number of nitrogens with zero attached hydrogens (tertiary/aromatic N) is 1. The number of H-pyrrole nitrogens is 1. The average Bonchev–Trinajstić information content (AvgIpc) is 3.03. The van der Waals surface area contributed by atoms with Crippen molar-refractivity contribution in [2.45, 2.75) is 6.92 Å². The first-order valence-electron chi connectivity index (χ1n) is 8.57. The summed E-state index contributed by atoms with van der Waals surface area (Å²) in [5, 5.41) is 13.5. The van der Waals surface area contributed by atoms with Crippen molar-refractivity contribution in [1.82, 2.24) is 10.2 Å². The Balaban J connectivity index is 1.47. The molecule has 4 rings (SSSR count). The lowest BCUT2D eigenvalue weighted by molar-refractivity contribution is 0.262. The number of hydrogen-bond acceptors (Lipinski definition) is 3. The fourth-order valence-electron chi connectivity index (χ4n) is 2.98. The number of nitrogens with two attached hydrogens (primary N) is 1. The summed E-state index contributed by atoms with van der Waals surface area (Å²) in [7, 11) is 0. The number of carbonyl (C=O) groups is 1. The Morgan fingerprint density at radius 2 is 1.67 bits per heavy atom. The van der Waals surface area contributed by atoms with Crippen LogP contribution in [0.1, 0.15) is 5.56 Å². The zero-order valence-corrected chi connectivity index (χ0v) is 14.8. The lowest BCUT2D eigenvalue weighted by Gasteiger charge is -2.09. The minimum atomic E-state index is -0.275. The fourth-order valence-corrected chi connectivity index (χ4v) is 2.98. The number of urea groups is 1. The summed E-state index contributed by atoms with van der Waals surface area (Å²) in [6.45, 7) is 1.98. The minimum Gasteiger partial charge on any atom is -0.382 e. The quantitative estimate of drug-likeness (QED) is 0.425. The molecular weight excluding hydrogens is 338 g/mol. The first-order valence-corrected chi connectivity index (χ1v) is 8.57. The van der Waals surface area contributed by atoms with Crippen molar-refractivity contribution in [3.8, 4) is 11.1 Å². The highest BCUT2D eigenvalue weighted by Crippen LogP contribution is 2.26. The number of carbonyl (C=O) groups excluding carboxylic acids is 1. The van der Waals surface area contributed by atoms with E-state index >= 15 is 0 Å². The summed E-state index contributed by atoms with van der Waals surface area (Å²) in [4.78, 5) is 12.2. The molecule has 0 aliphatic rings. The molecule has 0 fully saturated rings. The number of amides is 2. The normalized spacial score (nSPS) is 10.7. The molecule has 27 heavy (non-hydrogen) atoms. The molecule has 2 amide bonds. The average molecular weight is 357 g/mol. The van der Waals surface area contributed by atoms with Gasteiger partial charge in [0, 0.05) is 16.8 Å². The van der Waals surface area contributed by atoms with Crippen LogP contribution in [0.4, 0.5) is 22.0 Å². The SMILES string of the molecule is Cc1cccc(NC(=O)Nc2ccc(-c3ccc4c(N)n[nH]c4c3)cc2)c1. The molecule has 0 radical (unpaired) electrons. The monoisotopic (exact) mass is 357 g/mol. The second-order valence-electron chi connectivity index (χ2n) is 6.40. The zero-order valence-electron chi connectivity index (χ0n) is 14.8. The van der Waals surface area contributed by atoms with Gasteiger partial charge in [-0.2, -0.15) is 5.10 Å². The third kappa shape index (κ3) is 3.59. The maximum atomic E-state index is 12.2. The van der Waals surface area contributed by atoms with Gasteiger partial charge in [-0.3, -0.25) is 5.10 Å². The van der Waals surface area contributed by atoms with Gasteiger partial charge in [-0.05, 0) is 60.0 Å². The molecule has 1 heterocycles. The summed E-state index contributed by atoms with van der Waals surface area (Å²) in [6.07, 6.45) is 0. The summed E-state index contributed by atoms with van der Waals surface area (Å²) in [5.74, 6) is 0.496. The van der Waals surface area contributed by atoms with Gasteiger partial charge in [0.25, 0.3) is 0 Å². The van der Waals surface area contributed by atoms with Crippen LogP contribution in [0.15, 0.2) is 66.7 Å². The molecule has 0 bridgehead atoms. The molecule has 0 unspecified atom stereocenters. The first-order chi connectivity index (χ1) is 13.1. The van der Waals surface area contributed by atoms with Crippen LogP contribution in [0, 0.1) is 6.92 Å². The van der Waals surface area contributed by atoms with Crippen LogP contribution in [0.25, 0.3) is 22.0 Å². The molecule has 0 saturated heterocycles. The number of aromatic nitrogens is 2. The van der Waals surface area contributed by atoms with Crippen LogP contribution in [0.3, 0.4) is 0 Å². The van der Waals surface area contributed by atoms with Crippen molar-refractivity contribution in [2.75, 3.05) is 16.4 Å². The largest absolute Gasteiger partial charge is 0.382 e. The van der Waals surface area contributed by atoms with E-state index in [1.807, 2.05) is 73.7 Å². The van der Waals surface area contributed by atoms with E-state index in [2.05, 4.69) is 20.8 Å². The lowest BCUT2D eigenvalue weighted by Crippen LogP contribution is -2.19. The van der Waals surface area contributed by atoms with E-state index in [1.54, 1.807) is 0 Å². The predicted octanol–water partition coefficient (Wildman–Crippen LogP) is 4.76. The number of hydrogen-bond donors (Lipinski definition) is 4. The molecule has 3 aromatic carbocycles. The highest BCUT2D eigenvalue weighted by molar-refractivity contribution is 6.00. The van der Waals surface area contributed by atoms with E-state index in [0.29, 0.717) is 5.82 Å². The molecule has 0 spiro atoms. The third-order valence-corrected chi connectivity index (χ3v) is 4.34. The van der Waals surface area contributed by atoms with Crippen molar-refractivity contribution in [1.29, 1.82) is 0 Å². The van der Waals surface area contributed by atoms with E-state index in [9.17, 15) is 4.79 Å². The molecule has 6 nitrogen and oxygen atoms in total.